The second kappa shape index (κ2) is 9.52. The van der Waals surface area contributed by atoms with Gasteiger partial charge in [-0.3, -0.25) is 0 Å². The van der Waals surface area contributed by atoms with Gasteiger partial charge in [-0.15, -0.1) is 0 Å². The number of rotatable bonds is 6. The van der Waals surface area contributed by atoms with E-state index in [9.17, 15) is 9.18 Å². The number of amides is 2. The summed E-state index contributed by atoms with van der Waals surface area (Å²) in [7, 11) is 0. The molecule has 0 unspecified atom stereocenters. The molecule has 2 aromatic rings. The predicted molar refractivity (Wildman–Crippen MR) is 107 cm³/mol. The third kappa shape index (κ3) is 5.67. The summed E-state index contributed by atoms with van der Waals surface area (Å²) in [5, 5.41) is 8.35. The molecule has 1 aromatic heterocycles. The smallest absolute Gasteiger partial charge is 0.319 e. The van der Waals surface area contributed by atoms with Crippen LogP contribution in [0.2, 0.25) is 5.02 Å². The van der Waals surface area contributed by atoms with E-state index in [2.05, 4.69) is 30.8 Å². The van der Waals surface area contributed by atoms with Crippen molar-refractivity contribution in [2.45, 2.75) is 6.92 Å². The summed E-state index contributed by atoms with van der Waals surface area (Å²) in [5.74, 6) is 0.831. The monoisotopic (exact) mass is 408 g/mol. The molecule has 3 rings (SSSR count). The lowest BCUT2D eigenvalue weighted by Crippen LogP contribution is -2.37. The van der Waals surface area contributed by atoms with Crippen LogP contribution in [0.4, 0.5) is 26.6 Å². The molecule has 0 bridgehead atoms. The van der Waals surface area contributed by atoms with Crippen molar-refractivity contribution in [1.29, 1.82) is 0 Å². The van der Waals surface area contributed by atoms with E-state index in [0.29, 0.717) is 37.9 Å². The van der Waals surface area contributed by atoms with Crippen molar-refractivity contribution in [3.63, 3.8) is 0 Å². The highest BCUT2D eigenvalue weighted by Crippen LogP contribution is 2.19. The number of anilines is 3. The second-order valence-electron chi connectivity index (χ2n) is 6.23. The Balaban J connectivity index is 1.46. The lowest BCUT2D eigenvalue weighted by Gasteiger charge is -2.28. The highest BCUT2D eigenvalue weighted by Gasteiger charge is 2.14. The van der Waals surface area contributed by atoms with Crippen LogP contribution in [-0.2, 0) is 4.74 Å². The van der Waals surface area contributed by atoms with Crippen LogP contribution < -0.4 is 20.9 Å². The van der Waals surface area contributed by atoms with Crippen molar-refractivity contribution >= 4 is 35.1 Å². The molecule has 10 heteroatoms. The van der Waals surface area contributed by atoms with Gasteiger partial charge >= 0.3 is 6.03 Å². The number of morpholine rings is 1. The zero-order valence-corrected chi connectivity index (χ0v) is 16.2. The average Bonchev–Trinajstić information content (AvgIpc) is 2.68. The van der Waals surface area contributed by atoms with E-state index >= 15 is 0 Å². The number of benzene rings is 1. The minimum atomic E-state index is -0.536. The Labute approximate surface area is 167 Å². The largest absolute Gasteiger partial charge is 0.378 e. The summed E-state index contributed by atoms with van der Waals surface area (Å²) in [6, 6.07) is 5.51. The van der Waals surface area contributed by atoms with Crippen molar-refractivity contribution in [3.05, 3.63) is 40.8 Å². The molecule has 1 aliphatic heterocycles. The van der Waals surface area contributed by atoms with Gasteiger partial charge in [0.05, 0.1) is 18.2 Å². The first kappa shape index (κ1) is 20.1. The average molecular weight is 409 g/mol. The maximum atomic E-state index is 13.1. The number of nitrogens with one attached hydrogen (secondary N) is 3. The molecule has 8 nitrogen and oxygen atoms in total. The third-order valence-electron chi connectivity index (χ3n) is 4.05. The molecule has 1 fully saturated rings. The maximum Gasteiger partial charge on any atom is 0.319 e. The Kier molecular flexibility index (Phi) is 6.83. The molecular weight excluding hydrogens is 387 g/mol. The standard InChI is InChI=1S/C18H22ClFN6O2/c1-12-10-16(26-6-8-28-9-7-26)25-17(23-12)21-4-5-22-18(27)24-13-2-3-15(20)14(19)11-13/h2-3,10-11H,4-9H2,1H3,(H,21,23,25)(H2,22,24,27). The number of carbonyl (C=O) groups excluding carboxylic acids is 1. The van der Waals surface area contributed by atoms with E-state index in [4.69, 9.17) is 16.3 Å². The van der Waals surface area contributed by atoms with Gasteiger partial charge in [0.2, 0.25) is 5.95 Å². The van der Waals surface area contributed by atoms with E-state index in [0.717, 1.165) is 24.6 Å². The van der Waals surface area contributed by atoms with Gasteiger partial charge in [-0.2, -0.15) is 4.98 Å². The van der Waals surface area contributed by atoms with Crippen molar-refractivity contribution in [2.24, 2.45) is 0 Å². The molecule has 1 aliphatic rings. The Bertz CT molecular complexity index is 832. The van der Waals surface area contributed by atoms with Gasteiger partial charge in [0.15, 0.2) is 0 Å². The SMILES string of the molecule is Cc1cc(N2CCOCC2)nc(NCCNC(=O)Nc2ccc(F)c(Cl)c2)n1. The number of urea groups is 1. The Hall–Kier alpha value is -2.65. The summed E-state index contributed by atoms with van der Waals surface area (Å²) < 4.78 is 18.5. The molecular formula is C18H22ClFN6O2. The molecule has 3 N–H and O–H groups in total. The normalized spacial score (nSPS) is 13.9. The van der Waals surface area contributed by atoms with Crippen LogP contribution in [0, 0.1) is 12.7 Å². The zero-order chi connectivity index (χ0) is 19.9. The van der Waals surface area contributed by atoms with Crippen molar-refractivity contribution in [2.75, 3.05) is 54.9 Å². The van der Waals surface area contributed by atoms with E-state index in [1.807, 2.05) is 13.0 Å². The van der Waals surface area contributed by atoms with Crippen LogP contribution in [0.3, 0.4) is 0 Å². The lowest BCUT2D eigenvalue weighted by molar-refractivity contribution is 0.122. The number of aryl methyl sites for hydroxylation is 1. The summed E-state index contributed by atoms with van der Waals surface area (Å²) in [5.41, 5.74) is 1.27. The fraction of sp³-hybridized carbons (Fsp3) is 0.389. The molecule has 150 valence electrons. The van der Waals surface area contributed by atoms with Crippen LogP contribution in [0.25, 0.3) is 0 Å². The van der Waals surface area contributed by atoms with Gasteiger partial charge in [0, 0.05) is 43.6 Å². The molecule has 1 saturated heterocycles. The van der Waals surface area contributed by atoms with Gasteiger partial charge in [-0.1, -0.05) is 11.6 Å². The predicted octanol–water partition coefficient (Wildman–Crippen LogP) is 2.65. The van der Waals surface area contributed by atoms with Crippen LogP contribution in [0.5, 0.6) is 0 Å². The molecule has 0 atom stereocenters. The number of aromatic nitrogens is 2. The molecule has 2 heterocycles. The van der Waals surface area contributed by atoms with Gasteiger partial charge in [0.1, 0.15) is 11.6 Å². The van der Waals surface area contributed by atoms with E-state index < -0.39 is 11.8 Å². The second-order valence-corrected chi connectivity index (χ2v) is 6.63. The summed E-state index contributed by atoms with van der Waals surface area (Å²) >= 11 is 5.69. The molecule has 28 heavy (non-hydrogen) atoms. The molecule has 0 radical (unpaired) electrons. The van der Waals surface area contributed by atoms with Crippen LogP contribution >= 0.6 is 11.6 Å². The van der Waals surface area contributed by atoms with Crippen LogP contribution in [0.15, 0.2) is 24.3 Å². The van der Waals surface area contributed by atoms with E-state index in [1.165, 1.54) is 18.2 Å². The Morgan fingerprint density at radius 1 is 1.25 bits per heavy atom. The van der Waals surface area contributed by atoms with E-state index in [-0.39, 0.29) is 5.02 Å². The van der Waals surface area contributed by atoms with Crippen LogP contribution in [0.1, 0.15) is 5.69 Å². The molecule has 0 aliphatic carbocycles. The highest BCUT2D eigenvalue weighted by atomic mass is 35.5. The molecule has 0 saturated carbocycles. The fourth-order valence-electron chi connectivity index (χ4n) is 2.68. The number of halogens is 2. The number of nitrogens with zero attached hydrogens (tertiary/aromatic N) is 3. The Morgan fingerprint density at radius 3 is 2.79 bits per heavy atom. The first-order chi connectivity index (χ1) is 13.5. The molecule has 1 aromatic carbocycles. The quantitative estimate of drug-likeness (QED) is 0.636. The van der Waals surface area contributed by atoms with Crippen molar-refractivity contribution in [3.8, 4) is 0 Å². The minimum absolute atomic E-state index is 0.0489. The summed E-state index contributed by atoms with van der Waals surface area (Å²) in [6.07, 6.45) is 0. The van der Waals surface area contributed by atoms with Gasteiger partial charge < -0.3 is 25.6 Å². The molecule has 0 spiro atoms. The molecule has 2 amide bonds. The van der Waals surface area contributed by atoms with Gasteiger partial charge in [-0.05, 0) is 25.1 Å². The summed E-state index contributed by atoms with van der Waals surface area (Å²) in [4.78, 5) is 23.0. The first-order valence-corrected chi connectivity index (χ1v) is 9.31. The third-order valence-corrected chi connectivity index (χ3v) is 4.34. The maximum absolute atomic E-state index is 13.1. The van der Waals surface area contributed by atoms with Crippen LogP contribution in [-0.4, -0.2) is 55.4 Å². The topological polar surface area (TPSA) is 91.4 Å². The fourth-order valence-corrected chi connectivity index (χ4v) is 2.87. The van der Waals surface area contributed by atoms with Gasteiger partial charge in [0.25, 0.3) is 0 Å². The number of ether oxygens (including phenoxy) is 1. The Morgan fingerprint density at radius 2 is 2.04 bits per heavy atom. The minimum Gasteiger partial charge on any atom is -0.378 e. The summed E-state index contributed by atoms with van der Waals surface area (Å²) in [6.45, 7) is 5.68. The van der Waals surface area contributed by atoms with Crippen molar-refractivity contribution < 1.29 is 13.9 Å². The number of carbonyl (C=O) groups is 1. The number of hydrogen-bond donors (Lipinski definition) is 3. The lowest BCUT2D eigenvalue weighted by atomic mass is 10.3. The first-order valence-electron chi connectivity index (χ1n) is 8.93. The van der Waals surface area contributed by atoms with Gasteiger partial charge in [-0.25, -0.2) is 14.2 Å². The van der Waals surface area contributed by atoms with Crippen molar-refractivity contribution in [1.82, 2.24) is 15.3 Å². The highest BCUT2D eigenvalue weighted by molar-refractivity contribution is 6.31. The number of hydrogen-bond acceptors (Lipinski definition) is 6. The van der Waals surface area contributed by atoms with E-state index in [1.54, 1.807) is 0 Å². The zero-order valence-electron chi connectivity index (χ0n) is 15.5.